The van der Waals surface area contributed by atoms with Gasteiger partial charge in [-0.05, 0) is 18.1 Å². The Balaban J connectivity index is 3.94. The Kier molecular flexibility index (Phi) is 6.09. The number of hydrogen-bond donors (Lipinski definition) is 1. The molecule has 0 saturated heterocycles. The first-order valence-electron chi connectivity index (χ1n) is 4.62. The molecule has 0 aliphatic carbocycles. The first-order valence-corrected chi connectivity index (χ1v) is 5.78. The topological polar surface area (TPSA) is 37.3 Å². The van der Waals surface area contributed by atoms with Crippen LogP contribution in [-0.4, -0.2) is 28.8 Å². The zero-order valence-electron chi connectivity index (χ0n) is 8.67. The first-order chi connectivity index (χ1) is 6.75. The number of carbonyl (C=O) groups is 1. The van der Waals surface area contributed by atoms with Gasteiger partial charge in [0.05, 0.1) is 0 Å². The van der Waals surface area contributed by atoms with Crippen LogP contribution in [0, 0.1) is 11.8 Å². The lowest BCUT2D eigenvalue weighted by molar-refractivity contribution is -0.188. The van der Waals surface area contributed by atoms with E-state index in [1.54, 1.807) is 0 Å². The monoisotopic (exact) mass is 244 g/mol. The molecule has 0 rings (SSSR count). The summed E-state index contributed by atoms with van der Waals surface area (Å²) in [5.74, 6) is -3.44. The SMILES string of the molecule is CC(C)CCSCC(C(=O)O)C(F)(F)F. The van der Waals surface area contributed by atoms with Crippen molar-refractivity contribution in [3.63, 3.8) is 0 Å². The maximum absolute atomic E-state index is 12.2. The molecule has 90 valence electrons. The summed E-state index contributed by atoms with van der Waals surface area (Å²) in [5, 5.41) is 8.38. The molecule has 0 aromatic rings. The lowest BCUT2D eigenvalue weighted by Crippen LogP contribution is -2.32. The van der Waals surface area contributed by atoms with Crippen molar-refractivity contribution < 1.29 is 23.1 Å². The third kappa shape index (κ3) is 6.65. The second-order valence-electron chi connectivity index (χ2n) is 3.69. The molecule has 0 radical (unpaired) electrons. The summed E-state index contributed by atoms with van der Waals surface area (Å²) in [5.41, 5.74) is 0. The molecule has 15 heavy (non-hydrogen) atoms. The Hall–Kier alpha value is -0.390. The summed E-state index contributed by atoms with van der Waals surface area (Å²) >= 11 is 1.04. The van der Waals surface area contributed by atoms with E-state index in [1.807, 2.05) is 13.8 Å². The molecule has 0 aliphatic rings. The molecule has 0 spiro atoms. The lowest BCUT2D eigenvalue weighted by atomic mass is 10.2. The van der Waals surface area contributed by atoms with E-state index in [0.717, 1.165) is 18.2 Å². The number of aliphatic carboxylic acids is 1. The van der Waals surface area contributed by atoms with Crippen LogP contribution in [-0.2, 0) is 4.79 Å². The average Bonchev–Trinajstić information content (AvgIpc) is 1.99. The Morgan fingerprint density at radius 1 is 1.40 bits per heavy atom. The van der Waals surface area contributed by atoms with Crippen molar-refractivity contribution >= 4 is 17.7 Å². The summed E-state index contributed by atoms with van der Waals surface area (Å²) in [6, 6.07) is 0. The van der Waals surface area contributed by atoms with Crippen molar-refractivity contribution in [1.29, 1.82) is 0 Å². The van der Waals surface area contributed by atoms with Crippen molar-refractivity contribution in [2.75, 3.05) is 11.5 Å². The van der Waals surface area contributed by atoms with Gasteiger partial charge in [-0.15, -0.1) is 0 Å². The third-order valence-electron chi connectivity index (χ3n) is 1.82. The number of alkyl halides is 3. The van der Waals surface area contributed by atoms with E-state index in [4.69, 9.17) is 5.11 Å². The highest BCUT2D eigenvalue weighted by Gasteiger charge is 2.44. The quantitative estimate of drug-likeness (QED) is 0.730. The highest BCUT2D eigenvalue weighted by Crippen LogP contribution is 2.29. The number of hydrogen-bond acceptors (Lipinski definition) is 2. The van der Waals surface area contributed by atoms with Crippen molar-refractivity contribution in [3.05, 3.63) is 0 Å². The Bertz CT molecular complexity index is 204. The Morgan fingerprint density at radius 2 is 1.93 bits per heavy atom. The number of halogens is 3. The maximum Gasteiger partial charge on any atom is 0.403 e. The molecule has 0 heterocycles. The minimum absolute atomic E-state index is 0.397. The zero-order valence-corrected chi connectivity index (χ0v) is 9.49. The molecule has 1 atom stereocenters. The molecule has 6 heteroatoms. The summed E-state index contributed by atoms with van der Waals surface area (Å²) in [6.45, 7) is 3.94. The molecule has 0 saturated carbocycles. The molecule has 1 unspecified atom stereocenters. The van der Waals surface area contributed by atoms with Gasteiger partial charge in [-0.25, -0.2) is 0 Å². The molecule has 1 N–H and O–H groups in total. The van der Waals surface area contributed by atoms with Crippen LogP contribution in [0.15, 0.2) is 0 Å². The van der Waals surface area contributed by atoms with E-state index in [1.165, 1.54) is 0 Å². The average molecular weight is 244 g/mol. The molecular formula is C9H15F3O2S. The predicted molar refractivity (Wildman–Crippen MR) is 54.0 cm³/mol. The molecule has 0 aliphatic heterocycles. The van der Waals surface area contributed by atoms with Gasteiger partial charge in [-0.1, -0.05) is 13.8 Å². The van der Waals surface area contributed by atoms with Gasteiger partial charge >= 0.3 is 12.1 Å². The number of carboxylic acid groups (broad SMARTS) is 1. The second-order valence-corrected chi connectivity index (χ2v) is 4.84. The van der Waals surface area contributed by atoms with Crippen LogP contribution < -0.4 is 0 Å². The van der Waals surface area contributed by atoms with E-state index in [9.17, 15) is 18.0 Å². The first kappa shape index (κ1) is 14.6. The second kappa shape index (κ2) is 6.25. The van der Waals surface area contributed by atoms with Gasteiger partial charge < -0.3 is 5.11 Å². The van der Waals surface area contributed by atoms with Crippen molar-refractivity contribution in [2.45, 2.75) is 26.4 Å². The van der Waals surface area contributed by atoms with Crippen molar-refractivity contribution in [1.82, 2.24) is 0 Å². The molecule has 0 aromatic heterocycles. The van der Waals surface area contributed by atoms with E-state index in [-0.39, 0.29) is 0 Å². The standard InChI is InChI=1S/C9H15F3O2S/c1-6(2)3-4-15-5-7(8(13)14)9(10,11)12/h6-7H,3-5H2,1-2H3,(H,13,14). The predicted octanol–water partition coefficient (Wildman–Crippen LogP) is 3.03. The fraction of sp³-hybridized carbons (Fsp3) is 0.889. The Labute approximate surface area is 91.2 Å². The van der Waals surface area contributed by atoms with Crippen LogP contribution in [0.3, 0.4) is 0 Å². The van der Waals surface area contributed by atoms with Crippen molar-refractivity contribution in [2.24, 2.45) is 11.8 Å². The van der Waals surface area contributed by atoms with Crippen molar-refractivity contribution in [3.8, 4) is 0 Å². The van der Waals surface area contributed by atoms with Crippen LogP contribution >= 0.6 is 11.8 Å². The molecule has 2 nitrogen and oxygen atoms in total. The summed E-state index contributed by atoms with van der Waals surface area (Å²) in [7, 11) is 0. The van der Waals surface area contributed by atoms with E-state index < -0.39 is 23.8 Å². The third-order valence-corrected chi connectivity index (χ3v) is 2.91. The highest BCUT2D eigenvalue weighted by molar-refractivity contribution is 7.99. The summed E-state index contributed by atoms with van der Waals surface area (Å²) < 4.78 is 36.5. The fourth-order valence-corrected chi connectivity index (χ4v) is 2.20. The maximum atomic E-state index is 12.2. The van der Waals surface area contributed by atoms with Crippen LogP contribution in [0.4, 0.5) is 13.2 Å². The fourth-order valence-electron chi connectivity index (χ4n) is 0.826. The lowest BCUT2D eigenvalue weighted by Gasteiger charge is -2.15. The van der Waals surface area contributed by atoms with E-state index >= 15 is 0 Å². The van der Waals surface area contributed by atoms with Gasteiger partial charge in [-0.3, -0.25) is 4.79 Å². The largest absolute Gasteiger partial charge is 0.481 e. The van der Waals surface area contributed by atoms with Gasteiger partial charge in [0.2, 0.25) is 0 Å². The molecule has 0 aromatic carbocycles. The molecule has 0 fully saturated rings. The van der Waals surface area contributed by atoms with Gasteiger partial charge in [0.15, 0.2) is 5.92 Å². The summed E-state index contributed by atoms with van der Waals surface area (Å²) in [6.07, 6.45) is -3.84. The summed E-state index contributed by atoms with van der Waals surface area (Å²) in [4.78, 5) is 10.3. The van der Waals surface area contributed by atoms with Gasteiger partial charge in [-0.2, -0.15) is 24.9 Å². The molecular weight excluding hydrogens is 229 g/mol. The van der Waals surface area contributed by atoms with Gasteiger partial charge in [0.25, 0.3) is 0 Å². The minimum Gasteiger partial charge on any atom is -0.481 e. The zero-order chi connectivity index (χ0) is 12.1. The van der Waals surface area contributed by atoms with Crippen LogP contribution in [0.5, 0.6) is 0 Å². The Morgan fingerprint density at radius 3 is 2.27 bits per heavy atom. The normalized spacial score (nSPS) is 14.3. The highest BCUT2D eigenvalue weighted by atomic mass is 32.2. The van der Waals surface area contributed by atoms with E-state index in [0.29, 0.717) is 11.7 Å². The van der Waals surface area contributed by atoms with Gasteiger partial charge in [0.1, 0.15) is 0 Å². The van der Waals surface area contributed by atoms with Crippen LogP contribution in [0.1, 0.15) is 20.3 Å². The van der Waals surface area contributed by atoms with Gasteiger partial charge in [0, 0.05) is 5.75 Å². The smallest absolute Gasteiger partial charge is 0.403 e. The molecule has 0 amide bonds. The number of carboxylic acids is 1. The van der Waals surface area contributed by atoms with E-state index in [2.05, 4.69) is 0 Å². The number of rotatable bonds is 6. The van der Waals surface area contributed by atoms with Crippen LogP contribution in [0.25, 0.3) is 0 Å². The molecule has 0 bridgehead atoms. The van der Waals surface area contributed by atoms with Crippen LogP contribution in [0.2, 0.25) is 0 Å². The number of thioether (sulfide) groups is 1. The minimum atomic E-state index is -4.64.